The van der Waals surface area contributed by atoms with Crippen molar-refractivity contribution in [2.24, 2.45) is 0 Å². The number of aryl methyl sites for hydroxylation is 2. The molecule has 36 heavy (non-hydrogen) atoms. The first kappa shape index (κ1) is 23.4. The Bertz CT molecular complexity index is 1620. The van der Waals surface area contributed by atoms with E-state index in [1.165, 1.54) is 23.0 Å². The summed E-state index contributed by atoms with van der Waals surface area (Å²) in [5.41, 5.74) is 2.47. The summed E-state index contributed by atoms with van der Waals surface area (Å²) in [5.74, 6) is 0.0760. The number of carbonyl (C=O) groups excluding carboxylic acids is 1. The van der Waals surface area contributed by atoms with E-state index in [0.29, 0.717) is 34.4 Å². The zero-order chi connectivity index (χ0) is 25.2. The van der Waals surface area contributed by atoms with Crippen molar-refractivity contribution in [3.63, 3.8) is 0 Å². The summed E-state index contributed by atoms with van der Waals surface area (Å²) >= 11 is 0. The van der Waals surface area contributed by atoms with Gasteiger partial charge in [0.05, 0.1) is 11.8 Å². The maximum absolute atomic E-state index is 14.1. The van der Waals surface area contributed by atoms with Crippen LogP contribution in [0.1, 0.15) is 37.5 Å². The van der Waals surface area contributed by atoms with Crippen molar-refractivity contribution in [3.05, 3.63) is 82.2 Å². The van der Waals surface area contributed by atoms with Gasteiger partial charge in [-0.3, -0.25) is 14.2 Å². The minimum absolute atomic E-state index is 0.0321. The molecule has 0 aliphatic carbocycles. The Balaban J connectivity index is 1.53. The van der Waals surface area contributed by atoms with Crippen LogP contribution in [0, 0.1) is 5.82 Å². The number of anilines is 1. The van der Waals surface area contributed by atoms with E-state index < -0.39 is 11.4 Å². The van der Waals surface area contributed by atoms with E-state index in [1.54, 1.807) is 10.6 Å². The Morgan fingerprint density at radius 1 is 1.14 bits per heavy atom. The van der Waals surface area contributed by atoms with Crippen LogP contribution in [0.25, 0.3) is 21.9 Å². The lowest BCUT2D eigenvalue weighted by Crippen LogP contribution is -2.25. The van der Waals surface area contributed by atoms with Crippen molar-refractivity contribution < 1.29 is 13.7 Å². The zero-order valence-electron chi connectivity index (χ0n) is 20.0. The molecule has 0 radical (unpaired) electrons. The fourth-order valence-corrected chi connectivity index (χ4v) is 4.24. The van der Waals surface area contributed by atoms with Crippen LogP contribution in [0.4, 0.5) is 10.1 Å². The van der Waals surface area contributed by atoms with E-state index in [4.69, 9.17) is 4.52 Å². The maximum Gasteiger partial charge on any atom is 0.278 e. The zero-order valence-corrected chi connectivity index (χ0v) is 20.0. The van der Waals surface area contributed by atoms with E-state index >= 15 is 0 Å². The van der Waals surface area contributed by atoms with Gasteiger partial charge in [-0.15, -0.1) is 0 Å². The first-order chi connectivity index (χ1) is 17.5. The van der Waals surface area contributed by atoms with Crippen LogP contribution in [0.2, 0.25) is 0 Å². The summed E-state index contributed by atoms with van der Waals surface area (Å²) < 4.78 is 22.3. The van der Waals surface area contributed by atoms with Gasteiger partial charge in [0.2, 0.25) is 11.8 Å². The summed E-state index contributed by atoms with van der Waals surface area (Å²) in [5, 5.41) is 7.24. The molecule has 0 saturated carbocycles. The average Bonchev–Trinajstić information content (AvgIpc) is 3.43. The number of amides is 1. The molecule has 0 aliphatic rings. The number of fused-ring (bicyclic) bond motifs is 3. The fraction of sp³-hybridized carbons (Fsp3) is 0.269. The van der Waals surface area contributed by atoms with Crippen molar-refractivity contribution in [3.8, 4) is 0 Å². The molecule has 184 valence electrons. The Morgan fingerprint density at radius 3 is 2.69 bits per heavy atom. The molecule has 0 atom stereocenters. The molecule has 10 heteroatoms. The van der Waals surface area contributed by atoms with Crippen LogP contribution in [0.15, 0.2) is 58.1 Å². The third kappa shape index (κ3) is 4.49. The summed E-state index contributed by atoms with van der Waals surface area (Å²) in [4.78, 5) is 35.3. The number of rotatable bonds is 8. The second kappa shape index (κ2) is 9.73. The molecule has 3 heterocycles. The van der Waals surface area contributed by atoms with Crippen molar-refractivity contribution in [1.82, 2.24) is 24.3 Å². The van der Waals surface area contributed by atoms with Gasteiger partial charge in [-0.2, -0.15) is 4.98 Å². The van der Waals surface area contributed by atoms with Crippen LogP contribution in [0.3, 0.4) is 0 Å². The van der Waals surface area contributed by atoms with E-state index in [0.717, 1.165) is 18.4 Å². The Morgan fingerprint density at radius 2 is 1.94 bits per heavy atom. The van der Waals surface area contributed by atoms with E-state index in [9.17, 15) is 14.0 Å². The molecule has 1 amide bonds. The highest BCUT2D eigenvalue weighted by Crippen LogP contribution is 2.26. The van der Waals surface area contributed by atoms with Gasteiger partial charge >= 0.3 is 0 Å². The van der Waals surface area contributed by atoms with Crippen LogP contribution in [-0.2, 0) is 30.7 Å². The van der Waals surface area contributed by atoms with E-state index in [2.05, 4.69) is 27.4 Å². The molecule has 0 bridgehead atoms. The molecule has 1 N–H and O–H groups in total. The summed E-state index contributed by atoms with van der Waals surface area (Å²) in [6.45, 7) is 3.95. The molecule has 9 nitrogen and oxygen atoms in total. The number of benzene rings is 2. The van der Waals surface area contributed by atoms with Gasteiger partial charge in [-0.1, -0.05) is 31.1 Å². The monoisotopic (exact) mass is 488 g/mol. The minimum atomic E-state index is -0.456. The number of halogens is 1. The van der Waals surface area contributed by atoms with Gasteiger partial charge in [0.1, 0.15) is 29.9 Å². The van der Waals surface area contributed by atoms with Crippen molar-refractivity contribution >= 4 is 33.5 Å². The Hall–Kier alpha value is -4.34. The molecule has 3 aromatic heterocycles. The van der Waals surface area contributed by atoms with Crippen molar-refractivity contribution in [2.75, 3.05) is 5.32 Å². The summed E-state index contributed by atoms with van der Waals surface area (Å²) in [6, 6.07) is 11.7. The number of hydrogen-bond donors (Lipinski definition) is 1. The molecule has 0 aliphatic heterocycles. The lowest BCUT2D eigenvalue weighted by atomic mass is 10.1. The van der Waals surface area contributed by atoms with Crippen LogP contribution in [-0.4, -0.2) is 30.2 Å². The lowest BCUT2D eigenvalue weighted by molar-refractivity contribution is -0.116. The second-order valence-electron chi connectivity index (χ2n) is 8.58. The number of hydrogen-bond acceptors (Lipinski definition) is 6. The Kier molecular flexibility index (Phi) is 6.32. The van der Waals surface area contributed by atoms with Gasteiger partial charge in [0.15, 0.2) is 5.82 Å². The standard InChI is InChI=1S/C26H25FN6O3/c1-3-5-21-30-23(36-31-21)14-32-15-28-24-19-12-17(27)8-11-20(19)33(25(24)26(32)35)13-22(34)29-18-9-6-16(4-2)7-10-18/h6-12,15H,3-5,13-14H2,1-2H3,(H,29,34). The topological polar surface area (TPSA) is 108 Å². The smallest absolute Gasteiger partial charge is 0.278 e. The van der Waals surface area contributed by atoms with Crippen LogP contribution < -0.4 is 10.9 Å². The van der Waals surface area contributed by atoms with Gasteiger partial charge in [-0.05, 0) is 48.7 Å². The molecule has 0 saturated heterocycles. The Labute approximate surface area is 205 Å². The molecular weight excluding hydrogens is 463 g/mol. The number of nitrogens with one attached hydrogen (secondary N) is 1. The average molecular weight is 489 g/mol. The molecule has 0 unspecified atom stereocenters. The van der Waals surface area contributed by atoms with Crippen LogP contribution >= 0.6 is 0 Å². The highest BCUT2D eigenvalue weighted by Gasteiger charge is 2.20. The lowest BCUT2D eigenvalue weighted by Gasteiger charge is -2.10. The quantitative estimate of drug-likeness (QED) is 0.353. The third-order valence-corrected chi connectivity index (χ3v) is 6.03. The predicted octanol–water partition coefficient (Wildman–Crippen LogP) is 4.08. The molecule has 5 rings (SSSR count). The van der Waals surface area contributed by atoms with E-state index in [-0.39, 0.29) is 30.4 Å². The molecular formula is C26H25FN6O3. The number of carbonyl (C=O) groups is 1. The largest absolute Gasteiger partial charge is 0.337 e. The second-order valence-corrected chi connectivity index (χ2v) is 8.58. The minimum Gasteiger partial charge on any atom is -0.337 e. The predicted molar refractivity (Wildman–Crippen MR) is 133 cm³/mol. The molecule has 5 aromatic rings. The van der Waals surface area contributed by atoms with Crippen molar-refractivity contribution in [1.29, 1.82) is 0 Å². The van der Waals surface area contributed by atoms with Gasteiger partial charge < -0.3 is 14.4 Å². The van der Waals surface area contributed by atoms with Crippen molar-refractivity contribution in [2.45, 2.75) is 46.2 Å². The SMILES string of the molecule is CCCc1noc(Cn2cnc3c4cc(F)ccc4n(CC(=O)Nc4ccc(CC)cc4)c3c2=O)n1. The third-order valence-electron chi connectivity index (χ3n) is 6.03. The number of aromatic nitrogens is 5. The molecule has 2 aromatic carbocycles. The maximum atomic E-state index is 14.1. The van der Waals surface area contributed by atoms with Gasteiger partial charge in [-0.25, -0.2) is 9.37 Å². The fourth-order valence-electron chi connectivity index (χ4n) is 4.24. The highest BCUT2D eigenvalue weighted by atomic mass is 19.1. The van der Waals surface area contributed by atoms with Gasteiger partial charge in [0, 0.05) is 17.5 Å². The highest BCUT2D eigenvalue weighted by molar-refractivity contribution is 6.06. The first-order valence-electron chi connectivity index (χ1n) is 11.8. The van der Waals surface area contributed by atoms with Gasteiger partial charge in [0.25, 0.3) is 5.56 Å². The molecule has 0 fully saturated rings. The summed E-state index contributed by atoms with van der Waals surface area (Å²) in [7, 11) is 0. The summed E-state index contributed by atoms with van der Waals surface area (Å²) in [6.07, 6.45) is 3.81. The normalized spacial score (nSPS) is 11.4. The van der Waals surface area contributed by atoms with Crippen LogP contribution in [0.5, 0.6) is 0 Å². The van der Waals surface area contributed by atoms with E-state index in [1.807, 2.05) is 31.2 Å². The number of nitrogens with zero attached hydrogens (tertiary/aromatic N) is 5. The molecule has 0 spiro atoms. The first-order valence-corrected chi connectivity index (χ1v) is 11.8.